The molecule has 2 saturated heterocycles. The maximum atomic E-state index is 14.4. The molecule has 0 spiro atoms. The number of hydrogen-bond acceptors (Lipinski definition) is 16. The largest absolute Gasteiger partial charge is 0.496 e. The number of nitriles is 1. The van der Waals surface area contributed by atoms with Crippen LogP contribution < -0.4 is 35.1 Å². The van der Waals surface area contributed by atoms with Crippen molar-refractivity contribution in [2.24, 2.45) is 5.92 Å². The number of likely N-dealkylation sites (tertiary alicyclic amines) is 1. The summed E-state index contributed by atoms with van der Waals surface area (Å²) in [5.41, 5.74) is 5.86. The molecule has 9 rings (SSSR count). The zero-order valence-corrected chi connectivity index (χ0v) is 46.6. The first kappa shape index (κ1) is 56.5. The van der Waals surface area contributed by atoms with E-state index >= 15 is 0 Å². The number of rotatable bonds is 25. The molecule has 6 aromatic rings. The molecule has 4 aromatic carbocycles. The van der Waals surface area contributed by atoms with Crippen molar-refractivity contribution in [3.05, 3.63) is 120 Å². The molecule has 4 heterocycles. The van der Waals surface area contributed by atoms with Crippen LogP contribution in [0.3, 0.4) is 0 Å². The lowest BCUT2D eigenvalue weighted by atomic mass is 9.83. The number of likely N-dealkylation sites (N-methyl/N-ethyl adjacent to an activating group) is 2. The average Bonchev–Trinajstić information content (AvgIpc) is 4.25. The van der Waals surface area contributed by atoms with Gasteiger partial charge in [-0.1, -0.05) is 43.5 Å². The van der Waals surface area contributed by atoms with Gasteiger partial charge in [-0.25, -0.2) is 9.97 Å². The molecular formula is C61H73N9O8S. The van der Waals surface area contributed by atoms with E-state index in [9.17, 15) is 14.9 Å². The summed E-state index contributed by atoms with van der Waals surface area (Å²) in [5, 5.41) is 24.1. The van der Waals surface area contributed by atoms with Gasteiger partial charge >= 0.3 is 0 Å². The first-order valence-corrected chi connectivity index (χ1v) is 28.5. The van der Waals surface area contributed by atoms with E-state index in [1.807, 2.05) is 60.4 Å². The summed E-state index contributed by atoms with van der Waals surface area (Å²) in [6.07, 6.45) is 11.8. The second-order valence-electron chi connectivity index (χ2n) is 20.2. The molecule has 79 heavy (non-hydrogen) atoms. The van der Waals surface area contributed by atoms with E-state index in [-0.39, 0.29) is 29.8 Å². The smallest absolute Gasteiger partial charge is 0.246 e. The van der Waals surface area contributed by atoms with Crippen LogP contribution in [0.2, 0.25) is 0 Å². The number of amides is 2. The lowest BCUT2D eigenvalue weighted by Crippen LogP contribution is -2.55. The van der Waals surface area contributed by atoms with Crippen molar-refractivity contribution in [1.29, 1.82) is 5.26 Å². The Balaban J connectivity index is 0.720. The molecule has 2 aromatic heterocycles. The number of pyridine rings is 1. The number of aromatic nitrogens is 2. The van der Waals surface area contributed by atoms with Crippen molar-refractivity contribution < 1.29 is 38.0 Å². The number of methoxy groups -OCH3 is 1. The minimum absolute atomic E-state index is 0.0129. The van der Waals surface area contributed by atoms with Crippen LogP contribution in [0, 0.1) is 17.2 Å². The lowest BCUT2D eigenvalue weighted by Gasteiger charge is -2.35. The van der Waals surface area contributed by atoms with E-state index in [0.29, 0.717) is 69.1 Å². The van der Waals surface area contributed by atoms with Crippen LogP contribution in [-0.2, 0) is 23.8 Å². The number of fused-ring (bicyclic) bond motifs is 1. The van der Waals surface area contributed by atoms with Crippen molar-refractivity contribution >= 4 is 51.1 Å². The predicted molar refractivity (Wildman–Crippen MR) is 309 cm³/mol. The normalized spacial score (nSPS) is 16.9. The summed E-state index contributed by atoms with van der Waals surface area (Å²) in [6, 6.07) is 28.6. The fraction of sp³-hybridized carbons (Fsp3) is 0.426. The molecule has 3 N–H and O–H groups in total. The molecule has 17 nitrogen and oxygen atoms in total. The number of nitrogens with one attached hydrogen (secondary N) is 3. The second-order valence-corrected chi connectivity index (χ2v) is 21.1. The molecule has 18 heteroatoms. The molecule has 0 bridgehead atoms. The first-order chi connectivity index (χ1) is 38.7. The van der Waals surface area contributed by atoms with Gasteiger partial charge in [-0.3, -0.25) is 9.59 Å². The number of thiazole rings is 1. The predicted octanol–water partition coefficient (Wildman–Crippen LogP) is 9.72. The van der Waals surface area contributed by atoms with Crippen LogP contribution in [0.5, 0.6) is 17.2 Å². The minimum atomic E-state index is -0.533. The van der Waals surface area contributed by atoms with Crippen molar-refractivity contribution in [2.75, 3.05) is 104 Å². The Morgan fingerprint density at radius 1 is 0.810 bits per heavy atom. The van der Waals surface area contributed by atoms with Gasteiger partial charge < -0.3 is 59.1 Å². The molecule has 2 amide bonds. The molecule has 3 atom stereocenters. The number of piperazine rings is 1. The fourth-order valence-electron chi connectivity index (χ4n) is 10.6. The Hall–Kier alpha value is -7.27. The molecule has 0 unspecified atom stereocenters. The Morgan fingerprint density at radius 2 is 1.58 bits per heavy atom. The van der Waals surface area contributed by atoms with Crippen LogP contribution in [-0.4, -0.2) is 137 Å². The highest BCUT2D eigenvalue weighted by Crippen LogP contribution is 2.41. The second kappa shape index (κ2) is 28.0. The molecular weight excluding hydrogens is 1020 g/mol. The summed E-state index contributed by atoms with van der Waals surface area (Å²) in [5.74, 6) is 2.74. The molecule has 1 saturated carbocycles. The van der Waals surface area contributed by atoms with E-state index in [1.165, 1.54) is 12.7 Å². The van der Waals surface area contributed by atoms with Gasteiger partial charge in [0.05, 0.1) is 68.6 Å². The summed E-state index contributed by atoms with van der Waals surface area (Å²) >= 11 is 1.59. The van der Waals surface area contributed by atoms with Gasteiger partial charge in [0.15, 0.2) is 5.75 Å². The van der Waals surface area contributed by atoms with Gasteiger partial charge in [0.2, 0.25) is 11.8 Å². The zero-order chi connectivity index (χ0) is 54.9. The SMILES string of the molecule is CN[C@@H](C)C(=O)N[C@H](C(=O)N1CCC[C@H]1c1nc(-c2ccc(OCCOCCOCCOC=COc3cc(Nc4cc(-c5cc(C#N)ccc5OC)ccn4)ccc3N3CCN(C)CC3)c3ccccc23)cs1)C1CCCCC1. The number of nitrogens with zero attached hydrogens (tertiary/aromatic N) is 6. The Kier molecular flexibility index (Phi) is 20.0. The van der Waals surface area contributed by atoms with E-state index in [4.69, 9.17) is 33.4 Å². The third kappa shape index (κ3) is 14.5. The van der Waals surface area contributed by atoms with Crippen LogP contribution in [0.1, 0.15) is 68.5 Å². The van der Waals surface area contributed by atoms with Gasteiger partial charge in [0, 0.05) is 72.6 Å². The van der Waals surface area contributed by atoms with E-state index in [1.54, 1.807) is 50.1 Å². The molecule has 1 aliphatic carbocycles. The van der Waals surface area contributed by atoms with Gasteiger partial charge in [-0.2, -0.15) is 5.26 Å². The van der Waals surface area contributed by atoms with Gasteiger partial charge in [0.1, 0.15) is 54.1 Å². The van der Waals surface area contributed by atoms with Crippen LogP contribution >= 0.6 is 11.3 Å². The summed E-state index contributed by atoms with van der Waals surface area (Å²) in [6.45, 7) is 8.41. The number of anilines is 3. The van der Waals surface area contributed by atoms with Crippen LogP contribution in [0.4, 0.5) is 17.2 Å². The maximum Gasteiger partial charge on any atom is 0.246 e. The quantitative estimate of drug-likeness (QED) is 0.0363. The molecule has 3 aliphatic rings. The Morgan fingerprint density at radius 3 is 2.37 bits per heavy atom. The summed E-state index contributed by atoms with van der Waals surface area (Å²) in [7, 11) is 5.51. The Bertz CT molecular complexity index is 3060. The van der Waals surface area contributed by atoms with Gasteiger partial charge in [-0.05, 0) is 118 Å². The third-order valence-corrected chi connectivity index (χ3v) is 16.0. The van der Waals surface area contributed by atoms with Crippen molar-refractivity contribution in [3.8, 4) is 45.7 Å². The molecule has 416 valence electrons. The summed E-state index contributed by atoms with van der Waals surface area (Å²) < 4.78 is 35.4. The van der Waals surface area contributed by atoms with Crippen molar-refractivity contribution in [1.82, 2.24) is 30.4 Å². The summed E-state index contributed by atoms with van der Waals surface area (Å²) in [4.78, 5) is 43.8. The van der Waals surface area contributed by atoms with Crippen LogP contribution in [0.15, 0.2) is 109 Å². The number of hydrogen-bond donors (Lipinski definition) is 3. The topological polar surface area (TPSA) is 185 Å². The van der Waals surface area contributed by atoms with Crippen LogP contribution in [0.25, 0.3) is 33.2 Å². The van der Waals surface area contributed by atoms with E-state index in [2.05, 4.69) is 73.5 Å². The zero-order valence-electron chi connectivity index (χ0n) is 45.8. The van der Waals surface area contributed by atoms with Gasteiger partial charge in [-0.15, -0.1) is 11.3 Å². The standard InChI is InChI=1S/C61H73N9O8S/c1-42(63-2)59(71)67-58(44-11-6-5-7-12-44)61(72)70-24-10-15-53(70)60-66-51(41-79-60)48-18-21-55(49-14-9-8-13-47(48)49)77-35-33-75-31-29-74-30-32-76-34-36-78-56-39-46(17-19-52(56)69-27-25-68(3)26-28-69)65-57-38-45(22-23-64-57)50-37-43(40-62)16-20-54(50)73-4/h8-9,13-14,16-23,34,36-39,41-42,44,53,58,63H,5-7,10-12,15,24-33,35H2,1-4H3,(H,64,65)(H,67,71)/t42-,53-,58-/m0/s1. The highest BCUT2D eigenvalue weighted by Gasteiger charge is 2.40. The highest BCUT2D eigenvalue weighted by atomic mass is 32.1. The van der Waals surface area contributed by atoms with Crippen molar-refractivity contribution in [3.63, 3.8) is 0 Å². The number of carbonyl (C=O) groups is 2. The number of carbonyl (C=O) groups excluding carboxylic acids is 2. The maximum absolute atomic E-state index is 14.4. The number of benzene rings is 4. The van der Waals surface area contributed by atoms with E-state index in [0.717, 1.165) is 120 Å². The average molecular weight is 1090 g/mol. The first-order valence-electron chi connectivity index (χ1n) is 27.6. The minimum Gasteiger partial charge on any atom is -0.496 e. The monoisotopic (exact) mass is 1090 g/mol. The fourth-order valence-corrected chi connectivity index (χ4v) is 11.5. The molecule has 3 fully saturated rings. The van der Waals surface area contributed by atoms with E-state index < -0.39 is 6.04 Å². The molecule has 0 radical (unpaired) electrons. The highest BCUT2D eigenvalue weighted by molar-refractivity contribution is 7.10. The molecule has 2 aliphatic heterocycles. The number of ether oxygens (including phenoxy) is 6. The van der Waals surface area contributed by atoms with Gasteiger partial charge in [0.25, 0.3) is 0 Å². The Labute approximate surface area is 467 Å². The lowest BCUT2D eigenvalue weighted by molar-refractivity contribution is -0.139. The third-order valence-electron chi connectivity index (χ3n) is 15.0. The van der Waals surface area contributed by atoms with Crippen molar-refractivity contribution in [2.45, 2.75) is 70.0 Å².